The first-order chi connectivity index (χ1) is 13.5. The summed E-state index contributed by atoms with van der Waals surface area (Å²) >= 11 is 0. The third-order valence-electron chi connectivity index (χ3n) is 5.38. The Kier molecular flexibility index (Phi) is 10.5. The molecule has 0 aromatic heterocycles. The molecule has 0 saturated carbocycles. The van der Waals surface area contributed by atoms with Crippen LogP contribution in [0.1, 0.15) is 79.1 Å². The molecule has 1 rings (SSSR count). The maximum Gasteiger partial charge on any atom is 0.311 e. The van der Waals surface area contributed by atoms with E-state index in [4.69, 9.17) is 4.74 Å². The molecule has 2 N–H and O–H groups in total. The predicted octanol–water partition coefficient (Wildman–Crippen LogP) is 4.69. The molecule has 2 atom stereocenters. The number of ether oxygens (including phenoxy) is 1. The number of para-hydroxylation sites is 1. The maximum atomic E-state index is 12.1. The van der Waals surface area contributed by atoms with Crippen LogP contribution in [0, 0.1) is 10.8 Å². The molecule has 0 aliphatic rings. The van der Waals surface area contributed by atoms with Gasteiger partial charge in [-0.05, 0) is 61.5 Å². The number of rotatable bonds is 14. The van der Waals surface area contributed by atoms with Crippen molar-refractivity contribution in [3.8, 4) is 5.75 Å². The van der Waals surface area contributed by atoms with E-state index in [1.54, 1.807) is 12.1 Å². The van der Waals surface area contributed by atoms with Crippen molar-refractivity contribution < 1.29 is 24.5 Å². The topological polar surface area (TPSA) is 83.8 Å². The van der Waals surface area contributed by atoms with Gasteiger partial charge in [0.1, 0.15) is 12.0 Å². The van der Waals surface area contributed by atoms with Gasteiger partial charge in [-0.1, -0.05) is 45.9 Å². The molecule has 2 unspecified atom stereocenters. The molecule has 5 heteroatoms. The minimum absolute atomic E-state index is 0.0975. The SMILES string of the molecule is CC(C)(CC=O)CCC(O)CCC(O)CCC(C)(C)CC(=O)Oc1ccccc1. The van der Waals surface area contributed by atoms with Crippen molar-refractivity contribution in [1.82, 2.24) is 0 Å². The number of carbonyl (C=O) groups excluding carboxylic acids is 2. The van der Waals surface area contributed by atoms with Crippen molar-refractivity contribution in [2.45, 2.75) is 91.3 Å². The van der Waals surface area contributed by atoms with E-state index in [0.29, 0.717) is 44.3 Å². The van der Waals surface area contributed by atoms with Gasteiger partial charge >= 0.3 is 5.97 Å². The van der Waals surface area contributed by atoms with Crippen molar-refractivity contribution in [3.63, 3.8) is 0 Å². The van der Waals surface area contributed by atoms with E-state index < -0.39 is 12.2 Å². The molecule has 0 fully saturated rings. The van der Waals surface area contributed by atoms with Crippen LogP contribution in [0.5, 0.6) is 5.75 Å². The first-order valence-electron chi connectivity index (χ1n) is 10.6. The van der Waals surface area contributed by atoms with Crippen LogP contribution in [-0.2, 0) is 9.59 Å². The maximum absolute atomic E-state index is 12.1. The zero-order valence-electron chi connectivity index (χ0n) is 18.4. The van der Waals surface area contributed by atoms with Crippen LogP contribution >= 0.6 is 0 Å². The van der Waals surface area contributed by atoms with Crippen LogP contribution in [0.25, 0.3) is 0 Å². The van der Waals surface area contributed by atoms with Crippen molar-refractivity contribution in [3.05, 3.63) is 30.3 Å². The number of hydrogen-bond donors (Lipinski definition) is 2. The molecule has 0 bridgehead atoms. The van der Waals surface area contributed by atoms with Gasteiger partial charge in [-0.25, -0.2) is 0 Å². The van der Waals surface area contributed by atoms with E-state index in [1.807, 2.05) is 45.9 Å². The Morgan fingerprint density at radius 1 is 0.931 bits per heavy atom. The van der Waals surface area contributed by atoms with Crippen molar-refractivity contribution in [1.29, 1.82) is 0 Å². The number of hydrogen-bond acceptors (Lipinski definition) is 5. The third kappa shape index (κ3) is 11.8. The Labute approximate surface area is 175 Å². The van der Waals surface area contributed by atoms with Gasteiger partial charge in [-0.15, -0.1) is 0 Å². The van der Waals surface area contributed by atoms with Crippen molar-refractivity contribution >= 4 is 12.3 Å². The molecule has 0 saturated heterocycles. The smallest absolute Gasteiger partial charge is 0.311 e. The van der Waals surface area contributed by atoms with Crippen molar-refractivity contribution in [2.75, 3.05) is 0 Å². The van der Waals surface area contributed by atoms with E-state index in [9.17, 15) is 19.8 Å². The Hall–Kier alpha value is -1.72. The van der Waals surface area contributed by atoms with E-state index in [1.165, 1.54) is 0 Å². The fraction of sp³-hybridized carbons (Fsp3) is 0.667. The highest BCUT2D eigenvalue weighted by Gasteiger charge is 2.25. The molecule has 164 valence electrons. The lowest BCUT2D eigenvalue weighted by molar-refractivity contribution is -0.136. The molecule has 0 heterocycles. The van der Waals surface area contributed by atoms with E-state index in [0.717, 1.165) is 12.7 Å². The second-order valence-electron chi connectivity index (χ2n) is 9.63. The van der Waals surface area contributed by atoms with Gasteiger partial charge in [0, 0.05) is 6.42 Å². The fourth-order valence-electron chi connectivity index (χ4n) is 3.25. The van der Waals surface area contributed by atoms with Crippen LogP contribution in [0.2, 0.25) is 0 Å². The largest absolute Gasteiger partial charge is 0.427 e. The second kappa shape index (κ2) is 12.1. The Morgan fingerprint density at radius 2 is 1.45 bits per heavy atom. The lowest BCUT2D eigenvalue weighted by Crippen LogP contribution is -2.23. The number of carbonyl (C=O) groups is 2. The Morgan fingerprint density at radius 3 is 1.97 bits per heavy atom. The summed E-state index contributed by atoms with van der Waals surface area (Å²) in [7, 11) is 0. The van der Waals surface area contributed by atoms with Crippen LogP contribution in [0.4, 0.5) is 0 Å². The molecule has 5 nitrogen and oxygen atoms in total. The average molecular weight is 407 g/mol. The van der Waals surface area contributed by atoms with E-state index >= 15 is 0 Å². The van der Waals surface area contributed by atoms with Gasteiger partial charge in [0.05, 0.1) is 18.6 Å². The third-order valence-corrected chi connectivity index (χ3v) is 5.38. The van der Waals surface area contributed by atoms with Gasteiger partial charge in [0.25, 0.3) is 0 Å². The molecule has 0 spiro atoms. The molecule has 0 radical (unpaired) electrons. The Bertz CT molecular complexity index is 609. The first kappa shape index (κ1) is 25.3. The van der Waals surface area contributed by atoms with E-state index in [2.05, 4.69) is 0 Å². The van der Waals surface area contributed by atoms with Crippen LogP contribution < -0.4 is 4.74 Å². The first-order valence-corrected chi connectivity index (χ1v) is 10.6. The average Bonchev–Trinajstić information content (AvgIpc) is 2.63. The van der Waals surface area contributed by atoms with Gasteiger partial charge in [-0.3, -0.25) is 4.79 Å². The van der Waals surface area contributed by atoms with E-state index in [-0.39, 0.29) is 23.2 Å². The molecule has 0 amide bonds. The fourth-order valence-corrected chi connectivity index (χ4v) is 3.25. The summed E-state index contributed by atoms with van der Waals surface area (Å²) in [5, 5.41) is 20.4. The van der Waals surface area contributed by atoms with Crippen LogP contribution in [-0.4, -0.2) is 34.7 Å². The summed E-state index contributed by atoms with van der Waals surface area (Å²) in [6, 6.07) is 9.01. The number of aliphatic hydroxyl groups is 2. The number of aldehydes is 1. The minimum atomic E-state index is -0.503. The van der Waals surface area contributed by atoms with Crippen molar-refractivity contribution in [2.24, 2.45) is 10.8 Å². The monoisotopic (exact) mass is 406 g/mol. The standard InChI is InChI=1S/C24H38O5/c1-23(2,16-17-25)14-12-19(26)10-11-20(27)13-15-24(3,4)18-22(28)29-21-8-6-5-7-9-21/h5-9,17,19-20,26-27H,10-16,18H2,1-4H3. The molecule has 29 heavy (non-hydrogen) atoms. The Balaban J connectivity index is 2.28. The zero-order chi connectivity index (χ0) is 21.9. The zero-order valence-corrected chi connectivity index (χ0v) is 18.4. The number of benzene rings is 1. The number of esters is 1. The molecule has 1 aromatic carbocycles. The lowest BCUT2D eigenvalue weighted by atomic mass is 9.82. The molecule has 1 aromatic rings. The summed E-state index contributed by atoms with van der Waals surface area (Å²) in [5.74, 6) is 0.266. The van der Waals surface area contributed by atoms with Gasteiger partial charge in [0.15, 0.2) is 0 Å². The summed E-state index contributed by atoms with van der Waals surface area (Å²) in [5.41, 5.74) is -0.371. The predicted molar refractivity (Wildman–Crippen MR) is 115 cm³/mol. The minimum Gasteiger partial charge on any atom is -0.427 e. The molecule has 0 aliphatic heterocycles. The van der Waals surface area contributed by atoms with Gasteiger partial charge in [0.2, 0.25) is 0 Å². The van der Waals surface area contributed by atoms with Crippen LogP contribution in [0.3, 0.4) is 0 Å². The van der Waals surface area contributed by atoms with Gasteiger partial charge < -0.3 is 19.7 Å². The highest BCUT2D eigenvalue weighted by molar-refractivity contribution is 5.73. The summed E-state index contributed by atoms with van der Waals surface area (Å²) < 4.78 is 5.35. The second-order valence-corrected chi connectivity index (χ2v) is 9.63. The quantitative estimate of drug-likeness (QED) is 0.266. The summed E-state index contributed by atoms with van der Waals surface area (Å²) in [6.07, 6.45) is 4.47. The molecule has 0 aliphatic carbocycles. The summed E-state index contributed by atoms with van der Waals surface area (Å²) in [6.45, 7) is 8.04. The highest BCUT2D eigenvalue weighted by Crippen LogP contribution is 2.30. The van der Waals surface area contributed by atoms with Crippen LogP contribution in [0.15, 0.2) is 30.3 Å². The molecular formula is C24H38O5. The normalized spacial score (nSPS) is 14.3. The number of aliphatic hydroxyl groups excluding tert-OH is 2. The molecular weight excluding hydrogens is 368 g/mol. The van der Waals surface area contributed by atoms with Gasteiger partial charge in [-0.2, -0.15) is 0 Å². The summed E-state index contributed by atoms with van der Waals surface area (Å²) in [4.78, 5) is 22.8. The highest BCUT2D eigenvalue weighted by atomic mass is 16.5. The lowest BCUT2D eigenvalue weighted by Gasteiger charge is -2.25.